The summed E-state index contributed by atoms with van der Waals surface area (Å²) >= 11 is 0. The van der Waals surface area contributed by atoms with Gasteiger partial charge in [-0.1, -0.05) is 12.2 Å². The zero-order valence-electron chi connectivity index (χ0n) is 8.48. The van der Waals surface area contributed by atoms with Crippen molar-refractivity contribution in [1.82, 2.24) is 5.32 Å². The fourth-order valence-corrected chi connectivity index (χ4v) is 2.09. The molecule has 4 nitrogen and oxygen atoms in total. The highest BCUT2D eigenvalue weighted by Gasteiger charge is 2.36. The molecule has 1 saturated carbocycles. The van der Waals surface area contributed by atoms with Crippen molar-refractivity contribution < 1.29 is 14.7 Å². The number of rotatable bonds is 3. The zero-order valence-corrected chi connectivity index (χ0v) is 8.48. The van der Waals surface area contributed by atoms with Gasteiger partial charge in [0.1, 0.15) is 0 Å². The largest absolute Gasteiger partial charge is 0.481 e. The molecule has 1 fully saturated rings. The molecule has 2 aliphatic carbocycles. The Morgan fingerprint density at radius 3 is 2.27 bits per heavy atom. The molecular weight excluding hydrogens is 194 g/mol. The quantitative estimate of drug-likeness (QED) is 0.679. The van der Waals surface area contributed by atoms with E-state index >= 15 is 0 Å². The molecule has 4 heteroatoms. The Balaban J connectivity index is 1.71. The van der Waals surface area contributed by atoms with Crippen molar-refractivity contribution in [3.63, 3.8) is 0 Å². The molecule has 0 saturated heterocycles. The van der Waals surface area contributed by atoms with Gasteiger partial charge >= 0.3 is 5.97 Å². The molecule has 15 heavy (non-hydrogen) atoms. The third-order valence-electron chi connectivity index (χ3n) is 3.21. The van der Waals surface area contributed by atoms with Crippen molar-refractivity contribution in [2.75, 3.05) is 0 Å². The number of carbonyl (C=O) groups is 2. The fourth-order valence-electron chi connectivity index (χ4n) is 2.09. The Hall–Kier alpha value is -1.32. The molecule has 82 valence electrons. The lowest BCUT2D eigenvalue weighted by Crippen LogP contribution is -2.48. The number of hydrogen-bond acceptors (Lipinski definition) is 2. The number of carboxylic acid groups (broad SMARTS) is 1. The van der Waals surface area contributed by atoms with Crippen molar-refractivity contribution >= 4 is 11.9 Å². The van der Waals surface area contributed by atoms with Crippen LogP contribution in [0.15, 0.2) is 12.2 Å². The van der Waals surface area contributed by atoms with Gasteiger partial charge in [0.2, 0.25) is 5.91 Å². The lowest BCUT2D eigenvalue weighted by molar-refractivity contribution is -0.146. The van der Waals surface area contributed by atoms with Gasteiger partial charge in [-0.15, -0.1) is 0 Å². The number of carbonyl (C=O) groups excluding carboxylic acids is 1. The van der Waals surface area contributed by atoms with Crippen molar-refractivity contribution in [1.29, 1.82) is 0 Å². The minimum absolute atomic E-state index is 0.0776. The highest BCUT2D eigenvalue weighted by Crippen LogP contribution is 2.28. The SMILES string of the molecule is O=C(O)C1CC(NC(=O)C2CC=CC2)C1. The molecule has 2 N–H and O–H groups in total. The summed E-state index contributed by atoms with van der Waals surface area (Å²) in [4.78, 5) is 22.2. The smallest absolute Gasteiger partial charge is 0.306 e. The first kappa shape index (κ1) is 10.2. The van der Waals surface area contributed by atoms with Gasteiger partial charge in [-0.2, -0.15) is 0 Å². The molecule has 0 aromatic carbocycles. The van der Waals surface area contributed by atoms with Gasteiger partial charge in [0.05, 0.1) is 5.92 Å². The van der Waals surface area contributed by atoms with E-state index < -0.39 is 5.97 Å². The summed E-state index contributed by atoms with van der Waals surface area (Å²) in [5, 5.41) is 11.6. The molecule has 1 amide bonds. The van der Waals surface area contributed by atoms with Gasteiger partial charge in [0, 0.05) is 12.0 Å². The first-order chi connectivity index (χ1) is 7.16. The van der Waals surface area contributed by atoms with Crippen molar-refractivity contribution in [2.24, 2.45) is 11.8 Å². The summed E-state index contributed by atoms with van der Waals surface area (Å²) in [7, 11) is 0. The third kappa shape index (κ3) is 2.19. The lowest BCUT2D eigenvalue weighted by atomic mass is 9.80. The van der Waals surface area contributed by atoms with Crippen LogP contribution in [0.3, 0.4) is 0 Å². The minimum atomic E-state index is -0.747. The first-order valence-corrected chi connectivity index (χ1v) is 5.35. The maximum absolute atomic E-state index is 11.6. The monoisotopic (exact) mass is 209 g/mol. The summed E-state index contributed by atoms with van der Waals surface area (Å²) in [5.41, 5.74) is 0. The van der Waals surface area contributed by atoms with Crippen LogP contribution < -0.4 is 5.32 Å². The molecule has 0 aliphatic heterocycles. The maximum atomic E-state index is 11.6. The van der Waals surface area contributed by atoms with E-state index in [9.17, 15) is 9.59 Å². The van der Waals surface area contributed by atoms with Crippen LogP contribution in [-0.4, -0.2) is 23.0 Å². The van der Waals surface area contributed by atoms with Crippen LogP contribution >= 0.6 is 0 Å². The zero-order chi connectivity index (χ0) is 10.8. The van der Waals surface area contributed by atoms with Crippen LogP contribution in [0.2, 0.25) is 0 Å². The second-order valence-corrected chi connectivity index (χ2v) is 4.35. The van der Waals surface area contributed by atoms with Gasteiger partial charge in [0.25, 0.3) is 0 Å². The first-order valence-electron chi connectivity index (χ1n) is 5.35. The maximum Gasteiger partial charge on any atom is 0.306 e. The van der Waals surface area contributed by atoms with Crippen molar-refractivity contribution in [3.05, 3.63) is 12.2 Å². The van der Waals surface area contributed by atoms with E-state index in [1.807, 2.05) is 12.2 Å². The van der Waals surface area contributed by atoms with Crippen molar-refractivity contribution in [3.8, 4) is 0 Å². The standard InChI is InChI=1S/C11H15NO3/c13-10(7-3-1-2-4-7)12-9-5-8(6-9)11(14)15/h1-2,7-9H,3-6H2,(H,12,13)(H,14,15). The average Bonchev–Trinajstić information content (AvgIpc) is 2.61. The molecule has 0 aromatic rings. The number of nitrogens with one attached hydrogen (secondary N) is 1. The van der Waals surface area contributed by atoms with Crippen LogP contribution in [0.5, 0.6) is 0 Å². The Bertz CT molecular complexity index is 297. The molecule has 2 rings (SSSR count). The predicted octanol–water partition coefficient (Wildman–Crippen LogP) is 0.932. The topological polar surface area (TPSA) is 66.4 Å². The Morgan fingerprint density at radius 1 is 1.13 bits per heavy atom. The van der Waals surface area contributed by atoms with E-state index in [1.165, 1.54) is 0 Å². The second-order valence-electron chi connectivity index (χ2n) is 4.35. The van der Waals surface area contributed by atoms with Crippen LogP contribution in [0, 0.1) is 11.8 Å². The number of carboxylic acids is 1. The van der Waals surface area contributed by atoms with Gasteiger partial charge in [-0.3, -0.25) is 9.59 Å². The van der Waals surface area contributed by atoms with Gasteiger partial charge < -0.3 is 10.4 Å². The predicted molar refractivity (Wildman–Crippen MR) is 54.2 cm³/mol. The number of amides is 1. The lowest BCUT2D eigenvalue weighted by Gasteiger charge is -2.33. The number of hydrogen-bond donors (Lipinski definition) is 2. The van der Waals surface area contributed by atoms with Crippen molar-refractivity contribution in [2.45, 2.75) is 31.7 Å². The van der Waals surface area contributed by atoms with E-state index in [1.54, 1.807) is 0 Å². The Morgan fingerprint density at radius 2 is 1.73 bits per heavy atom. The van der Waals surface area contributed by atoms with Crippen LogP contribution in [0.1, 0.15) is 25.7 Å². The summed E-state index contributed by atoms with van der Waals surface area (Å²) < 4.78 is 0. The van der Waals surface area contributed by atoms with Gasteiger partial charge in [-0.05, 0) is 25.7 Å². The van der Waals surface area contributed by atoms with E-state index in [0.29, 0.717) is 12.8 Å². The molecule has 2 aliphatic rings. The van der Waals surface area contributed by atoms with Crippen LogP contribution in [0.4, 0.5) is 0 Å². The highest BCUT2D eigenvalue weighted by molar-refractivity contribution is 5.80. The highest BCUT2D eigenvalue weighted by atomic mass is 16.4. The number of aliphatic carboxylic acids is 1. The minimum Gasteiger partial charge on any atom is -0.481 e. The summed E-state index contributed by atoms with van der Waals surface area (Å²) in [6.45, 7) is 0. The summed E-state index contributed by atoms with van der Waals surface area (Å²) in [6, 6.07) is 0.0826. The van der Waals surface area contributed by atoms with Crippen LogP contribution in [-0.2, 0) is 9.59 Å². The van der Waals surface area contributed by atoms with E-state index in [0.717, 1.165) is 12.8 Å². The molecule has 0 heterocycles. The normalized spacial score (nSPS) is 29.9. The molecule has 0 atom stereocenters. The Labute approximate surface area is 88.4 Å². The van der Waals surface area contributed by atoms with E-state index in [4.69, 9.17) is 5.11 Å². The molecule has 0 aromatic heterocycles. The van der Waals surface area contributed by atoms with Crippen LogP contribution in [0.25, 0.3) is 0 Å². The Kier molecular flexibility index (Phi) is 2.75. The molecule has 0 bridgehead atoms. The second kappa shape index (κ2) is 4.04. The fraction of sp³-hybridized carbons (Fsp3) is 0.636. The van der Waals surface area contributed by atoms with Gasteiger partial charge in [-0.25, -0.2) is 0 Å². The molecular formula is C11H15NO3. The summed E-state index contributed by atoms with van der Waals surface area (Å²) in [5.74, 6) is -0.845. The summed E-state index contributed by atoms with van der Waals surface area (Å²) in [6.07, 6.45) is 6.85. The van der Waals surface area contributed by atoms with Gasteiger partial charge in [0.15, 0.2) is 0 Å². The number of allylic oxidation sites excluding steroid dienone is 2. The molecule has 0 radical (unpaired) electrons. The molecule has 0 spiro atoms. The van der Waals surface area contributed by atoms with E-state index in [2.05, 4.69) is 5.32 Å². The third-order valence-corrected chi connectivity index (χ3v) is 3.21. The van der Waals surface area contributed by atoms with E-state index in [-0.39, 0.29) is 23.8 Å². The average molecular weight is 209 g/mol. The molecule has 0 unspecified atom stereocenters.